The van der Waals surface area contributed by atoms with Gasteiger partial charge in [-0.05, 0) is 48.8 Å². The number of allylic oxidation sites excluding steroid dienone is 2. The van der Waals surface area contributed by atoms with E-state index < -0.39 is 0 Å². The summed E-state index contributed by atoms with van der Waals surface area (Å²) in [6.45, 7) is 0.799. The Labute approximate surface area is 124 Å². The molecule has 4 rings (SSSR count). The molecule has 3 heteroatoms. The van der Waals surface area contributed by atoms with Crippen LogP contribution in [0, 0.1) is 17.8 Å². The molecule has 0 saturated heterocycles. The minimum atomic E-state index is 0.0542. The van der Waals surface area contributed by atoms with E-state index in [1.165, 1.54) is 12.8 Å². The molecule has 21 heavy (non-hydrogen) atoms. The number of carbonyl (C=O) groups is 1. The Bertz CT molecular complexity index is 728. The van der Waals surface area contributed by atoms with Gasteiger partial charge in [0.15, 0.2) is 0 Å². The number of aromatic nitrogens is 1. The first-order chi connectivity index (χ1) is 10.2. The van der Waals surface area contributed by atoms with E-state index in [0.717, 1.165) is 28.9 Å². The first-order valence-corrected chi connectivity index (χ1v) is 7.73. The second-order valence-corrected chi connectivity index (χ2v) is 6.42. The second-order valence-electron chi connectivity index (χ2n) is 6.42. The molecular formula is C18H20N2O. The topological polar surface area (TPSA) is 34.0 Å². The molecule has 0 radical (unpaired) electrons. The maximum Gasteiger partial charge on any atom is 0.251 e. The molecule has 1 aromatic heterocycles. The Morgan fingerprint density at radius 2 is 2.19 bits per heavy atom. The molecule has 2 aliphatic rings. The first kappa shape index (κ1) is 12.7. The highest BCUT2D eigenvalue weighted by molar-refractivity contribution is 6.06. The predicted octanol–water partition coefficient (Wildman–Crippen LogP) is 3.12. The van der Waals surface area contributed by atoms with Gasteiger partial charge in [-0.3, -0.25) is 4.79 Å². The van der Waals surface area contributed by atoms with Crippen LogP contribution in [-0.4, -0.2) is 17.0 Å². The largest absolute Gasteiger partial charge is 0.352 e. The average Bonchev–Trinajstić information content (AvgIpc) is 3.20. The van der Waals surface area contributed by atoms with Gasteiger partial charge in [-0.15, -0.1) is 0 Å². The van der Waals surface area contributed by atoms with Crippen LogP contribution in [0.1, 0.15) is 23.2 Å². The summed E-state index contributed by atoms with van der Waals surface area (Å²) in [6, 6.07) is 7.94. The molecule has 1 amide bonds. The number of hydrogen-bond donors (Lipinski definition) is 1. The lowest BCUT2D eigenvalue weighted by molar-refractivity contribution is 0.0946. The second kappa shape index (κ2) is 4.76. The van der Waals surface area contributed by atoms with Crippen molar-refractivity contribution in [2.24, 2.45) is 24.8 Å². The fraction of sp³-hybridized carbons (Fsp3) is 0.389. The molecule has 1 heterocycles. The van der Waals surface area contributed by atoms with Crippen molar-refractivity contribution in [1.29, 1.82) is 0 Å². The summed E-state index contributed by atoms with van der Waals surface area (Å²) in [4.78, 5) is 12.5. The molecule has 0 spiro atoms. The van der Waals surface area contributed by atoms with Gasteiger partial charge < -0.3 is 9.88 Å². The molecular weight excluding hydrogens is 260 g/mol. The predicted molar refractivity (Wildman–Crippen MR) is 84.1 cm³/mol. The van der Waals surface area contributed by atoms with Gasteiger partial charge in [0.25, 0.3) is 5.91 Å². The van der Waals surface area contributed by atoms with Crippen LogP contribution in [0.25, 0.3) is 10.9 Å². The average molecular weight is 280 g/mol. The van der Waals surface area contributed by atoms with E-state index in [1.807, 2.05) is 42.1 Å². The molecule has 108 valence electrons. The molecule has 2 aromatic rings. The number of aryl methyl sites for hydroxylation is 1. The van der Waals surface area contributed by atoms with Crippen LogP contribution in [0.4, 0.5) is 0 Å². The zero-order chi connectivity index (χ0) is 14.4. The fourth-order valence-corrected chi connectivity index (χ4v) is 3.95. The highest BCUT2D eigenvalue weighted by Crippen LogP contribution is 2.42. The van der Waals surface area contributed by atoms with E-state index >= 15 is 0 Å². The van der Waals surface area contributed by atoms with E-state index in [9.17, 15) is 4.79 Å². The van der Waals surface area contributed by atoms with Crippen molar-refractivity contribution >= 4 is 16.8 Å². The number of benzene rings is 1. The standard InChI is InChI=1S/C18H20N2O/c1-20-8-7-15-16(3-2-4-17(15)20)18(21)19-11-14-10-12-5-6-13(14)9-12/h2-8,12-14H,9-11H2,1H3,(H,19,21)/t12-,13+,14+/m0/s1. The van der Waals surface area contributed by atoms with Crippen LogP contribution in [0.3, 0.4) is 0 Å². The van der Waals surface area contributed by atoms with Crippen LogP contribution >= 0.6 is 0 Å². The Balaban J connectivity index is 1.50. The van der Waals surface area contributed by atoms with Gasteiger partial charge in [-0.1, -0.05) is 18.2 Å². The lowest BCUT2D eigenvalue weighted by Crippen LogP contribution is -2.31. The zero-order valence-electron chi connectivity index (χ0n) is 12.3. The summed E-state index contributed by atoms with van der Waals surface area (Å²) in [5, 5.41) is 4.18. The maximum atomic E-state index is 12.5. The summed E-state index contributed by atoms with van der Waals surface area (Å²) in [5.74, 6) is 2.12. The summed E-state index contributed by atoms with van der Waals surface area (Å²) < 4.78 is 2.05. The minimum absolute atomic E-state index is 0.0542. The summed E-state index contributed by atoms with van der Waals surface area (Å²) in [7, 11) is 2.01. The van der Waals surface area contributed by atoms with Crippen LogP contribution in [-0.2, 0) is 7.05 Å². The summed E-state index contributed by atoms with van der Waals surface area (Å²) in [6.07, 6.45) is 9.20. The van der Waals surface area contributed by atoms with Crippen molar-refractivity contribution in [2.75, 3.05) is 6.54 Å². The normalized spacial score (nSPS) is 26.6. The van der Waals surface area contributed by atoms with Crippen LogP contribution in [0.15, 0.2) is 42.6 Å². The van der Waals surface area contributed by atoms with E-state index in [1.54, 1.807) is 0 Å². The van der Waals surface area contributed by atoms with Gasteiger partial charge in [0, 0.05) is 36.3 Å². The minimum Gasteiger partial charge on any atom is -0.352 e. The number of nitrogens with zero attached hydrogens (tertiary/aromatic N) is 1. The Kier molecular flexibility index (Phi) is 2.88. The number of fused-ring (bicyclic) bond motifs is 3. The van der Waals surface area contributed by atoms with Crippen molar-refractivity contribution in [1.82, 2.24) is 9.88 Å². The highest BCUT2D eigenvalue weighted by Gasteiger charge is 2.35. The number of hydrogen-bond acceptors (Lipinski definition) is 1. The van der Waals surface area contributed by atoms with E-state index in [0.29, 0.717) is 11.8 Å². The molecule has 2 bridgehead atoms. The number of carbonyl (C=O) groups excluding carboxylic acids is 1. The van der Waals surface area contributed by atoms with Gasteiger partial charge >= 0.3 is 0 Å². The molecule has 1 fully saturated rings. The molecule has 0 unspecified atom stereocenters. The van der Waals surface area contributed by atoms with Crippen molar-refractivity contribution in [3.63, 3.8) is 0 Å². The van der Waals surface area contributed by atoms with Crippen LogP contribution in [0.5, 0.6) is 0 Å². The third-order valence-corrected chi connectivity index (χ3v) is 5.11. The third-order valence-electron chi connectivity index (χ3n) is 5.11. The molecule has 1 saturated carbocycles. The molecule has 2 aliphatic carbocycles. The monoisotopic (exact) mass is 280 g/mol. The van der Waals surface area contributed by atoms with Gasteiger partial charge in [-0.2, -0.15) is 0 Å². The summed E-state index contributed by atoms with van der Waals surface area (Å²) >= 11 is 0. The number of amides is 1. The lowest BCUT2D eigenvalue weighted by Gasteiger charge is -2.18. The van der Waals surface area contributed by atoms with Crippen LogP contribution in [0.2, 0.25) is 0 Å². The number of rotatable bonds is 3. The van der Waals surface area contributed by atoms with Crippen molar-refractivity contribution in [3.8, 4) is 0 Å². The van der Waals surface area contributed by atoms with E-state index in [2.05, 4.69) is 17.5 Å². The third kappa shape index (κ3) is 2.08. The molecule has 1 N–H and O–H groups in total. The van der Waals surface area contributed by atoms with Crippen molar-refractivity contribution in [2.45, 2.75) is 12.8 Å². The molecule has 3 atom stereocenters. The fourth-order valence-electron chi connectivity index (χ4n) is 3.95. The SMILES string of the molecule is Cn1ccc2c(C(=O)NC[C@H]3C[C@H]4C=C[C@@H]3C4)cccc21. The van der Waals surface area contributed by atoms with Gasteiger partial charge in [0.1, 0.15) is 0 Å². The van der Waals surface area contributed by atoms with Crippen molar-refractivity contribution in [3.05, 3.63) is 48.2 Å². The van der Waals surface area contributed by atoms with Gasteiger partial charge in [0.05, 0.1) is 0 Å². The number of nitrogens with one attached hydrogen (secondary N) is 1. The summed E-state index contributed by atoms with van der Waals surface area (Å²) in [5.41, 5.74) is 1.89. The molecule has 1 aromatic carbocycles. The van der Waals surface area contributed by atoms with Crippen molar-refractivity contribution < 1.29 is 4.79 Å². The van der Waals surface area contributed by atoms with E-state index in [-0.39, 0.29) is 5.91 Å². The Morgan fingerprint density at radius 1 is 1.29 bits per heavy atom. The zero-order valence-corrected chi connectivity index (χ0v) is 12.3. The first-order valence-electron chi connectivity index (χ1n) is 7.73. The van der Waals surface area contributed by atoms with Gasteiger partial charge in [0.2, 0.25) is 0 Å². The maximum absolute atomic E-state index is 12.5. The quantitative estimate of drug-likeness (QED) is 0.861. The Hall–Kier alpha value is -2.03. The highest BCUT2D eigenvalue weighted by atomic mass is 16.1. The van der Waals surface area contributed by atoms with Gasteiger partial charge in [-0.25, -0.2) is 0 Å². The van der Waals surface area contributed by atoms with Crippen LogP contribution < -0.4 is 5.32 Å². The molecule has 0 aliphatic heterocycles. The Morgan fingerprint density at radius 3 is 2.95 bits per heavy atom. The van der Waals surface area contributed by atoms with E-state index in [4.69, 9.17) is 0 Å². The molecule has 3 nitrogen and oxygen atoms in total. The lowest BCUT2D eigenvalue weighted by atomic mass is 9.93. The smallest absolute Gasteiger partial charge is 0.251 e.